The van der Waals surface area contributed by atoms with Gasteiger partial charge in [0, 0.05) is 18.8 Å². The molecule has 3 rings (SSSR count). The van der Waals surface area contributed by atoms with Crippen LogP contribution in [0.4, 0.5) is 10.5 Å². The van der Waals surface area contributed by atoms with Crippen molar-refractivity contribution in [3.8, 4) is 5.75 Å². The number of nitrogens with zero attached hydrogens (tertiary/aromatic N) is 2. The Hall–Kier alpha value is -2.05. The summed E-state index contributed by atoms with van der Waals surface area (Å²) in [4.78, 5) is 16.6. The Morgan fingerprint density at radius 1 is 1.42 bits per heavy atom. The number of benzene rings is 1. The summed E-state index contributed by atoms with van der Waals surface area (Å²) >= 11 is 1.67. The molecule has 6 heteroatoms. The molecule has 2 N–H and O–H groups in total. The van der Waals surface area contributed by atoms with Crippen molar-refractivity contribution in [1.82, 2.24) is 10.2 Å². The second kappa shape index (κ2) is 7.23. The lowest BCUT2D eigenvalue weighted by Gasteiger charge is -2.31. The van der Waals surface area contributed by atoms with Crippen molar-refractivity contribution in [3.05, 3.63) is 46.2 Å². The minimum Gasteiger partial charge on any atom is -0.508 e. The molecular formula is C18H23N3O2S. The number of aromatic hydroxyl groups is 1. The van der Waals surface area contributed by atoms with Crippen LogP contribution >= 0.6 is 11.3 Å². The van der Waals surface area contributed by atoms with Gasteiger partial charge in [0.1, 0.15) is 5.75 Å². The maximum absolute atomic E-state index is 12.7. The summed E-state index contributed by atoms with van der Waals surface area (Å²) in [6.45, 7) is 1.27. The minimum atomic E-state index is -0.0799. The van der Waals surface area contributed by atoms with E-state index in [9.17, 15) is 9.90 Å². The van der Waals surface area contributed by atoms with E-state index in [0.29, 0.717) is 13.1 Å². The van der Waals surface area contributed by atoms with Crippen LogP contribution in [0.3, 0.4) is 0 Å². The fourth-order valence-corrected chi connectivity index (χ4v) is 3.84. The lowest BCUT2D eigenvalue weighted by atomic mass is 10.0. The summed E-state index contributed by atoms with van der Waals surface area (Å²) in [7, 11) is 4.04. The van der Waals surface area contributed by atoms with Crippen LogP contribution < -0.4 is 10.2 Å². The fraction of sp³-hybridized carbons (Fsp3) is 0.389. The molecule has 2 aromatic rings. The van der Waals surface area contributed by atoms with Gasteiger partial charge in [-0.2, -0.15) is 11.3 Å². The van der Waals surface area contributed by atoms with Gasteiger partial charge in [0.2, 0.25) is 0 Å². The Labute approximate surface area is 146 Å². The molecule has 1 atom stereocenters. The average Bonchev–Trinajstić information content (AvgIpc) is 3.07. The molecule has 0 saturated heterocycles. The topological polar surface area (TPSA) is 55.8 Å². The van der Waals surface area contributed by atoms with Crippen molar-refractivity contribution in [3.63, 3.8) is 0 Å². The second-order valence-electron chi connectivity index (χ2n) is 6.29. The quantitative estimate of drug-likeness (QED) is 0.894. The molecule has 0 fully saturated rings. The van der Waals surface area contributed by atoms with Crippen LogP contribution in [0.15, 0.2) is 35.0 Å². The van der Waals surface area contributed by atoms with Crippen LogP contribution in [0, 0.1) is 0 Å². The number of amides is 2. The van der Waals surface area contributed by atoms with Crippen LogP contribution in [0.25, 0.3) is 0 Å². The number of carbonyl (C=O) groups excluding carboxylic acids is 1. The lowest BCUT2D eigenvalue weighted by Crippen LogP contribution is -2.45. The summed E-state index contributed by atoms with van der Waals surface area (Å²) in [5, 5.41) is 16.9. The van der Waals surface area contributed by atoms with Gasteiger partial charge >= 0.3 is 6.03 Å². The van der Waals surface area contributed by atoms with Gasteiger partial charge in [0.25, 0.3) is 0 Å². The number of likely N-dealkylation sites (N-methyl/N-ethyl adjacent to an activating group) is 1. The number of hydrogen-bond donors (Lipinski definition) is 2. The molecule has 1 aromatic carbocycles. The van der Waals surface area contributed by atoms with Crippen LogP contribution in [-0.4, -0.2) is 43.2 Å². The molecule has 1 aliphatic rings. The number of hydrogen-bond acceptors (Lipinski definition) is 4. The molecule has 1 aliphatic heterocycles. The van der Waals surface area contributed by atoms with Crippen LogP contribution in [-0.2, 0) is 6.42 Å². The third-order valence-corrected chi connectivity index (χ3v) is 5.13. The molecule has 2 heterocycles. The predicted molar refractivity (Wildman–Crippen MR) is 97.9 cm³/mol. The van der Waals surface area contributed by atoms with Crippen LogP contribution in [0.2, 0.25) is 0 Å². The highest BCUT2D eigenvalue weighted by Crippen LogP contribution is 2.30. The monoisotopic (exact) mass is 345 g/mol. The Kier molecular flexibility index (Phi) is 5.06. The van der Waals surface area contributed by atoms with Gasteiger partial charge in [-0.15, -0.1) is 0 Å². The second-order valence-corrected chi connectivity index (χ2v) is 7.07. The Morgan fingerprint density at radius 2 is 2.25 bits per heavy atom. The number of carbonyl (C=O) groups is 1. The maximum Gasteiger partial charge on any atom is 0.321 e. The van der Waals surface area contributed by atoms with Crippen LogP contribution in [0.5, 0.6) is 5.75 Å². The lowest BCUT2D eigenvalue weighted by molar-refractivity contribution is 0.237. The molecule has 24 heavy (non-hydrogen) atoms. The third-order valence-electron chi connectivity index (χ3n) is 4.42. The molecule has 0 saturated carbocycles. The highest BCUT2D eigenvalue weighted by Gasteiger charge is 2.24. The van der Waals surface area contributed by atoms with Gasteiger partial charge in [-0.3, -0.25) is 4.90 Å². The van der Waals surface area contributed by atoms with E-state index >= 15 is 0 Å². The van der Waals surface area contributed by atoms with Crippen LogP contribution in [0.1, 0.15) is 23.6 Å². The Bertz CT molecular complexity index is 700. The third kappa shape index (κ3) is 3.55. The first kappa shape index (κ1) is 16.8. The number of anilines is 1. The molecule has 0 aliphatic carbocycles. The van der Waals surface area contributed by atoms with E-state index in [2.05, 4.69) is 27.0 Å². The van der Waals surface area contributed by atoms with Gasteiger partial charge in [-0.25, -0.2) is 4.79 Å². The van der Waals surface area contributed by atoms with E-state index in [4.69, 9.17) is 0 Å². The van der Waals surface area contributed by atoms with Gasteiger partial charge in [-0.1, -0.05) is 0 Å². The smallest absolute Gasteiger partial charge is 0.321 e. The fourth-order valence-electron chi connectivity index (χ4n) is 3.14. The summed E-state index contributed by atoms with van der Waals surface area (Å²) in [6, 6.07) is 7.39. The number of phenols is 1. The van der Waals surface area contributed by atoms with E-state index in [1.54, 1.807) is 28.4 Å². The summed E-state index contributed by atoms with van der Waals surface area (Å²) in [6.07, 6.45) is 1.80. The Morgan fingerprint density at radius 3 is 2.96 bits per heavy atom. The van der Waals surface area contributed by atoms with E-state index in [0.717, 1.165) is 24.1 Å². The molecule has 0 radical (unpaired) electrons. The molecule has 0 bridgehead atoms. The number of phenolic OH excluding ortho intramolecular Hbond substituents is 1. The van der Waals surface area contributed by atoms with E-state index in [-0.39, 0.29) is 17.8 Å². The normalized spacial score (nSPS) is 15.2. The number of urea groups is 1. The van der Waals surface area contributed by atoms with Crippen molar-refractivity contribution in [1.29, 1.82) is 0 Å². The number of rotatable bonds is 4. The van der Waals surface area contributed by atoms with E-state index in [1.165, 1.54) is 5.56 Å². The van der Waals surface area contributed by atoms with Crippen molar-refractivity contribution in [2.75, 3.05) is 32.1 Å². The van der Waals surface area contributed by atoms with E-state index < -0.39 is 0 Å². The standard InChI is InChI=1S/C18H23N3O2S/c1-20(2)17(14-7-9-24-12-14)11-19-18(23)21-8-3-4-13-10-15(22)5-6-16(13)21/h5-7,9-10,12,17,22H,3-4,8,11H2,1-2H3,(H,19,23). The number of thiophene rings is 1. The first-order chi connectivity index (χ1) is 11.6. The molecule has 2 amide bonds. The number of nitrogens with one attached hydrogen (secondary N) is 1. The summed E-state index contributed by atoms with van der Waals surface area (Å²) in [5.74, 6) is 0.251. The average molecular weight is 345 g/mol. The highest BCUT2D eigenvalue weighted by molar-refractivity contribution is 7.07. The first-order valence-electron chi connectivity index (χ1n) is 8.12. The number of fused-ring (bicyclic) bond motifs is 1. The van der Waals surface area contributed by atoms with Gasteiger partial charge in [-0.05, 0) is 73.1 Å². The first-order valence-corrected chi connectivity index (χ1v) is 9.06. The molecule has 128 valence electrons. The predicted octanol–water partition coefficient (Wildman–Crippen LogP) is 3.22. The minimum absolute atomic E-state index is 0.0799. The van der Waals surface area contributed by atoms with Gasteiger partial charge in [0.05, 0.1) is 6.04 Å². The zero-order valence-corrected chi connectivity index (χ0v) is 14.8. The number of aryl methyl sites for hydroxylation is 1. The van der Waals surface area contributed by atoms with Crippen molar-refractivity contribution in [2.45, 2.75) is 18.9 Å². The zero-order chi connectivity index (χ0) is 17.1. The van der Waals surface area contributed by atoms with Crippen molar-refractivity contribution < 1.29 is 9.90 Å². The Balaban J connectivity index is 1.70. The van der Waals surface area contributed by atoms with E-state index in [1.807, 2.05) is 20.2 Å². The molecule has 1 unspecified atom stereocenters. The van der Waals surface area contributed by atoms with Gasteiger partial charge in [0.15, 0.2) is 0 Å². The van der Waals surface area contributed by atoms with Crippen molar-refractivity contribution in [2.24, 2.45) is 0 Å². The maximum atomic E-state index is 12.7. The molecule has 1 aromatic heterocycles. The summed E-state index contributed by atoms with van der Waals surface area (Å²) < 4.78 is 0. The van der Waals surface area contributed by atoms with Gasteiger partial charge < -0.3 is 15.3 Å². The highest BCUT2D eigenvalue weighted by atomic mass is 32.1. The SMILES string of the molecule is CN(C)C(CNC(=O)N1CCCc2cc(O)ccc21)c1ccsc1. The largest absolute Gasteiger partial charge is 0.508 e. The molecule has 0 spiro atoms. The summed E-state index contributed by atoms with van der Waals surface area (Å²) in [5.41, 5.74) is 3.14. The zero-order valence-electron chi connectivity index (χ0n) is 14.0. The van der Waals surface area contributed by atoms with Crippen molar-refractivity contribution >= 4 is 23.1 Å². The molecule has 5 nitrogen and oxygen atoms in total. The molecular weight excluding hydrogens is 322 g/mol.